The van der Waals surface area contributed by atoms with Crippen molar-refractivity contribution in [2.75, 3.05) is 44.6 Å². The van der Waals surface area contributed by atoms with E-state index in [9.17, 15) is 9.59 Å². The summed E-state index contributed by atoms with van der Waals surface area (Å²) in [6.07, 6.45) is 1.01. The molecule has 0 radical (unpaired) electrons. The monoisotopic (exact) mass is 396 g/mol. The van der Waals surface area contributed by atoms with Gasteiger partial charge < -0.3 is 20.4 Å². The SMILES string of the molecule is Cc1ccc(NC(=O)C[NH+]2CCC[NH+](CC(=O)NC(C)(C)C)CC2)cc1Cl. The van der Waals surface area contributed by atoms with E-state index in [1.165, 1.54) is 9.80 Å². The molecule has 27 heavy (non-hydrogen) atoms. The van der Waals surface area contributed by atoms with Crippen molar-refractivity contribution in [1.29, 1.82) is 0 Å². The van der Waals surface area contributed by atoms with E-state index in [2.05, 4.69) is 10.6 Å². The van der Waals surface area contributed by atoms with Crippen LogP contribution in [-0.2, 0) is 9.59 Å². The lowest BCUT2D eigenvalue weighted by Gasteiger charge is -2.22. The lowest BCUT2D eigenvalue weighted by molar-refractivity contribution is -0.930. The Morgan fingerprint density at radius 1 is 1.04 bits per heavy atom. The molecule has 0 bridgehead atoms. The number of hydrogen-bond donors (Lipinski definition) is 4. The number of amides is 2. The van der Waals surface area contributed by atoms with Crippen LogP contribution >= 0.6 is 11.6 Å². The van der Waals surface area contributed by atoms with Gasteiger partial charge in [-0.1, -0.05) is 17.7 Å². The van der Waals surface area contributed by atoms with Crippen molar-refractivity contribution in [3.8, 4) is 0 Å². The highest BCUT2D eigenvalue weighted by molar-refractivity contribution is 6.31. The number of carbonyl (C=O) groups is 2. The number of rotatable bonds is 5. The molecule has 1 aliphatic heterocycles. The van der Waals surface area contributed by atoms with Gasteiger partial charge in [-0.2, -0.15) is 0 Å². The summed E-state index contributed by atoms with van der Waals surface area (Å²) >= 11 is 6.12. The Bertz CT molecular complexity index is 672. The molecule has 2 atom stereocenters. The molecule has 0 aliphatic carbocycles. The Balaban J connectivity index is 1.79. The number of benzene rings is 1. The Morgan fingerprint density at radius 3 is 2.19 bits per heavy atom. The molecule has 4 N–H and O–H groups in total. The highest BCUT2D eigenvalue weighted by Gasteiger charge is 2.25. The largest absolute Gasteiger partial charge is 0.347 e. The fourth-order valence-electron chi connectivity index (χ4n) is 3.34. The highest BCUT2D eigenvalue weighted by atomic mass is 35.5. The van der Waals surface area contributed by atoms with E-state index in [-0.39, 0.29) is 17.4 Å². The second-order valence-corrected chi connectivity index (χ2v) is 8.92. The lowest BCUT2D eigenvalue weighted by Crippen LogP contribution is -3.18. The van der Waals surface area contributed by atoms with Crippen LogP contribution in [0.1, 0.15) is 32.8 Å². The zero-order chi connectivity index (χ0) is 20.0. The first-order chi connectivity index (χ1) is 12.6. The van der Waals surface area contributed by atoms with Gasteiger partial charge >= 0.3 is 0 Å². The van der Waals surface area contributed by atoms with Crippen LogP contribution in [0.2, 0.25) is 5.02 Å². The average Bonchev–Trinajstić information content (AvgIpc) is 2.74. The van der Waals surface area contributed by atoms with Gasteiger partial charge in [0.1, 0.15) is 13.1 Å². The molecule has 2 rings (SSSR count). The maximum absolute atomic E-state index is 12.4. The van der Waals surface area contributed by atoms with Gasteiger partial charge in [0.25, 0.3) is 11.8 Å². The molecule has 0 saturated carbocycles. The maximum atomic E-state index is 12.4. The highest BCUT2D eigenvalue weighted by Crippen LogP contribution is 2.19. The molecule has 1 aromatic rings. The first-order valence-electron chi connectivity index (χ1n) is 9.66. The van der Waals surface area contributed by atoms with Crippen LogP contribution in [0.3, 0.4) is 0 Å². The maximum Gasteiger partial charge on any atom is 0.279 e. The third kappa shape index (κ3) is 7.87. The Morgan fingerprint density at radius 2 is 1.63 bits per heavy atom. The Hall–Kier alpha value is -1.63. The summed E-state index contributed by atoms with van der Waals surface area (Å²) in [5, 5.41) is 6.61. The molecular weight excluding hydrogens is 364 g/mol. The summed E-state index contributed by atoms with van der Waals surface area (Å²) < 4.78 is 0. The van der Waals surface area contributed by atoms with Crippen molar-refractivity contribution in [2.45, 2.75) is 39.7 Å². The third-order valence-electron chi connectivity index (χ3n) is 4.68. The minimum Gasteiger partial charge on any atom is -0.347 e. The third-order valence-corrected chi connectivity index (χ3v) is 5.09. The quantitative estimate of drug-likeness (QED) is 0.551. The van der Waals surface area contributed by atoms with Crippen molar-refractivity contribution in [3.05, 3.63) is 28.8 Å². The zero-order valence-electron chi connectivity index (χ0n) is 16.9. The van der Waals surface area contributed by atoms with Crippen molar-refractivity contribution in [1.82, 2.24) is 5.32 Å². The smallest absolute Gasteiger partial charge is 0.279 e. The first kappa shape index (κ1) is 21.7. The molecule has 2 unspecified atom stereocenters. The van der Waals surface area contributed by atoms with Gasteiger partial charge in [-0.05, 0) is 45.4 Å². The summed E-state index contributed by atoms with van der Waals surface area (Å²) in [5.74, 6) is 0.0915. The van der Waals surface area contributed by atoms with E-state index in [0.29, 0.717) is 18.1 Å². The average molecular weight is 397 g/mol. The first-order valence-corrected chi connectivity index (χ1v) is 10.0. The minimum atomic E-state index is -0.198. The molecule has 1 fully saturated rings. The van der Waals surface area contributed by atoms with Crippen LogP contribution in [0.5, 0.6) is 0 Å². The molecule has 1 aliphatic rings. The molecule has 2 amide bonds. The second-order valence-electron chi connectivity index (χ2n) is 8.52. The minimum absolute atomic E-state index is 0.00107. The van der Waals surface area contributed by atoms with Crippen LogP contribution in [-0.4, -0.2) is 56.6 Å². The second kappa shape index (κ2) is 9.53. The molecule has 0 spiro atoms. The van der Waals surface area contributed by atoms with Gasteiger partial charge in [-0.25, -0.2) is 0 Å². The summed E-state index contributed by atoms with van der Waals surface area (Å²) in [4.78, 5) is 27.0. The van der Waals surface area contributed by atoms with Crippen LogP contribution in [0.15, 0.2) is 18.2 Å². The van der Waals surface area contributed by atoms with Gasteiger partial charge in [0.05, 0.1) is 13.1 Å². The number of carbonyl (C=O) groups excluding carboxylic acids is 2. The van der Waals surface area contributed by atoms with E-state index < -0.39 is 0 Å². The Labute approximate surface area is 167 Å². The van der Waals surface area contributed by atoms with Crippen LogP contribution in [0.4, 0.5) is 5.69 Å². The summed E-state index contributed by atoms with van der Waals surface area (Å²) in [7, 11) is 0. The van der Waals surface area contributed by atoms with Gasteiger partial charge in [-0.15, -0.1) is 0 Å². The predicted molar refractivity (Wildman–Crippen MR) is 108 cm³/mol. The lowest BCUT2D eigenvalue weighted by atomic mass is 10.1. The van der Waals surface area contributed by atoms with Gasteiger partial charge in [0.2, 0.25) is 0 Å². The van der Waals surface area contributed by atoms with Crippen LogP contribution < -0.4 is 20.4 Å². The fraction of sp³-hybridized carbons (Fsp3) is 0.600. The summed E-state index contributed by atoms with van der Waals surface area (Å²) in [6.45, 7) is 12.6. The van der Waals surface area contributed by atoms with E-state index >= 15 is 0 Å². The van der Waals surface area contributed by atoms with Gasteiger partial charge in [0, 0.05) is 22.7 Å². The normalized spacial score (nSPS) is 20.6. The van der Waals surface area contributed by atoms with E-state index in [0.717, 1.165) is 43.9 Å². The summed E-state index contributed by atoms with van der Waals surface area (Å²) in [6, 6.07) is 5.56. The van der Waals surface area contributed by atoms with Crippen molar-refractivity contribution in [3.63, 3.8) is 0 Å². The number of aryl methyl sites for hydroxylation is 1. The number of quaternary nitrogens is 2. The van der Waals surface area contributed by atoms with E-state index in [4.69, 9.17) is 11.6 Å². The molecule has 6 nitrogen and oxygen atoms in total. The molecule has 1 heterocycles. The molecule has 0 aromatic heterocycles. The van der Waals surface area contributed by atoms with E-state index in [1.54, 1.807) is 6.07 Å². The number of anilines is 1. The van der Waals surface area contributed by atoms with Crippen LogP contribution in [0.25, 0.3) is 0 Å². The number of halogens is 1. The predicted octanol–water partition coefficient (Wildman–Crippen LogP) is -0.325. The van der Waals surface area contributed by atoms with Crippen LogP contribution in [0, 0.1) is 6.92 Å². The van der Waals surface area contributed by atoms with Crippen molar-refractivity contribution in [2.24, 2.45) is 0 Å². The Kier molecular flexibility index (Phi) is 7.65. The standard InChI is InChI=1S/C20H31ClN4O2/c1-15-6-7-16(12-17(15)21)22-18(26)13-24-8-5-9-25(11-10-24)14-19(27)23-20(2,3)4/h6-7,12H,5,8-11,13-14H2,1-4H3,(H,22,26)(H,23,27)/p+2. The summed E-state index contributed by atoms with van der Waals surface area (Å²) in [5.41, 5.74) is 1.53. The van der Waals surface area contributed by atoms with Crippen molar-refractivity contribution >= 4 is 29.1 Å². The zero-order valence-corrected chi connectivity index (χ0v) is 17.6. The molecule has 1 aromatic carbocycles. The molecule has 150 valence electrons. The van der Waals surface area contributed by atoms with Crippen molar-refractivity contribution < 1.29 is 19.4 Å². The molecule has 1 saturated heterocycles. The van der Waals surface area contributed by atoms with E-state index in [1.807, 2.05) is 39.8 Å². The topological polar surface area (TPSA) is 67.1 Å². The molecular formula is C20H33ClN4O2+2. The number of nitrogens with one attached hydrogen (secondary N) is 4. The molecule has 7 heteroatoms. The van der Waals surface area contributed by atoms with Gasteiger partial charge in [-0.3, -0.25) is 9.59 Å². The van der Waals surface area contributed by atoms with Gasteiger partial charge in [0.15, 0.2) is 13.1 Å². The fourth-order valence-corrected chi connectivity index (χ4v) is 3.52. The number of hydrogen-bond acceptors (Lipinski definition) is 2.